The van der Waals surface area contributed by atoms with Gasteiger partial charge in [-0.15, -0.1) is 0 Å². The zero-order valence-corrected chi connectivity index (χ0v) is 6.91. The van der Waals surface area contributed by atoms with E-state index in [4.69, 9.17) is 5.73 Å². The molecule has 0 aliphatic carbocycles. The third-order valence-electron chi connectivity index (χ3n) is 1.50. The second kappa shape index (κ2) is 2.51. The molecule has 1 heterocycles. The summed E-state index contributed by atoms with van der Waals surface area (Å²) in [6, 6.07) is 1.89. The summed E-state index contributed by atoms with van der Waals surface area (Å²) in [5.74, 6) is 0. The van der Waals surface area contributed by atoms with Gasteiger partial charge in [0.1, 0.15) is 0 Å². The molecule has 3 heteroatoms. The van der Waals surface area contributed by atoms with Crippen molar-refractivity contribution in [2.45, 2.75) is 19.4 Å². The van der Waals surface area contributed by atoms with Crippen LogP contribution in [-0.4, -0.2) is 9.78 Å². The molecule has 1 aromatic heterocycles. The van der Waals surface area contributed by atoms with E-state index in [9.17, 15) is 0 Å². The normalized spacial score (nSPS) is 11.5. The van der Waals surface area contributed by atoms with Crippen LogP contribution < -0.4 is 5.73 Å². The van der Waals surface area contributed by atoms with E-state index in [0.717, 1.165) is 5.69 Å². The molecular formula is C8H13N3. The fourth-order valence-corrected chi connectivity index (χ4v) is 0.970. The van der Waals surface area contributed by atoms with Crippen LogP contribution in [0.5, 0.6) is 0 Å². The summed E-state index contributed by atoms with van der Waals surface area (Å²) in [7, 11) is 0. The maximum Gasteiger partial charge on any atom is 0.0628 e. The molecule has 0 aliphatic heterocycles. The summed E-state index contributed by atoms with van der Waals surface area (Å²) < 4.78 is 1.68. The van der Waals surface area contributed by atoms with Crippen molar-refractivity contribution in [1.29, 1.82) is 0 Å². The number of rotatable bonds is 2. The Kier molecular flexibility index (Phi) is 1.83. The molecule has 0 fully saturated rings. The number of aromatic nitrogens is 2. The van der Waals surface area contributed by atoms with E-state index in [2.05, 4.69) is 11.7 Å². The van der Waals surface area contributed by atoms with Crippen molar-refractivity contribution >= 4 is 6.20 Å². The minimum Gasteiger partial charge on any atom is -0.321 e. The molecule has 0 saturated heterocycles. The molecule has 0 radical (unpaired) electrons. The molecule has 1 aromatic rings. The van der Waals surface area contributed by atoms with Crippen LogP contribution >= 0.6 is 0 Å². The van der Waals surface area contributed by atoms with Gasteiger partial charge in [-0.3, -0.25) is 0 Å². The van der Waals surface area contributed by atoms with E-state index in [0.29, 0.717) is 0 Å². The van der Waals surface area contributed by atoms with Gasteiger partial charge >= 0.3 is 0 Å². The highest BCUT2D eigenvalue weighted by molar-refractivity contribution is 5.24. The lowest BCUT2D eigenvalue weighted by molar-refractivity contribution is 0.519. The van der Waals surface area contributed by atoms with Crippen LogP contribution in [0.3, 0.4) is 0 Å². The first-order chi connectivity index (χ1) is 5.05. The van der Waals surface area contributed by atoms with Crippen molar-refractivity contribution in [2.75, 3.05) is 0 Å². The average Bonchev–Trinajstić information content (AvgIpc) is 2.31. The van der Waals surface area contributed by atoms with E-state index < -0.39 is 0 Å². The minimum atomic E-state index is -0.356. The predicted molar refractivity (Wildman–Crippen MR) is 45.8 cm³/mol. The number of hydrogen-bond donors (Lipinski definition) is 1. The van der Waals surface area contributed by atoms with Crippen LogP contribution in [0.1, 0.15) is 19.5 Å². The lowest BCUT2D eigenvalue weighted by Crippen LogP contribution is -2.30. The monoisotopic (exact) mass is 151 g/mol. The molecule has 0 saturated carbocycles. The van der Waals surface area contributed by atoms with Crippen molar-refractivity contribution in [3.63, 3.8) is 0 Å². The van der Waals surface area contributed by atoms with Crippen molar-refractivity contribution in [2.24, 2.45) is 5.73 Å². The van der Waals surface area contributed by atoms with E-state index in [1.165, 1.54) is 0 Å². The molecule has 1 rings (SSSR count). The molecule has 0 aromatic carbocycles. The average molecular weight is 151 g/mol. The van der Waals surface area contributed by atoms with Crippen molar-refractivity contribution in [3.8, 4) is 0 Å². The van der Waals surface area contributed by atoms with Gasteiger partial charge in [-0.1, -0.05) is 6.58 Å². The SMILES string of the molecule is C=Cn1nccc1C(C)(C)N. The quantitative estimate of drug-likeness (QED) is 0.689. The van der Waals surface area contributed by atoms with E-state index in [1.54, 1.807) is 17.1 Å². The third-order valence-corrected chi connectivity index (χ3v) is 1.50. The first kappa shape index (κ1) is 8.01. The molecule has 60 valence electrons. The van der Waals surface area contributed by atoms with Crippen LogP contribution in [0, 0.1) is 0 Å². The highest BCUT2D eigenvalue weighted by atomic mass is 15.3. The molecule has 0 atom stereocenters. The maximum atomic E-state index is 5.87. The second-order valence-corrected chi connectivity index (χ2v) is 3.07. The number of hydrogen-bond acceptors (Lipinski definition) is 2. The van der Waals surface area contributed by atoms with Crippen molar-refractivity contribution < 1.29 is 0 Å². The highest BCUT2D eigenvalue weighted by Crippen LogP contribution is 2.15. The molecule has 0 aliphatic rings. The Hall–Kier alpha value is -1.09. The molecule has 0 bridgehead atoms. The van der Waals surface area contributed by atoms with Crippen LogP contribution in [0.4, 0.5) is 0 Å². The van der Waals surface area contributed by atoms with Crippen molar-refractivity contribution in [3.05, 3.63) is 24.5 Å². The van der Waals surface area contributed by atoms with E-state index >= 15 is 0 Å². The van der Waals surface area contributed by atoms with Gasteiger partial charge in [-0.25, -0.2) is 4.68 Å². The van der Waals surface area contributed by atoms with Gasteiger partial charge in [-0.2, -0.15) is 5.10 Å². The summed E-state index contributed by atoms with van der Waals surface area (Å²) in [5.41, 5.74) is 6.48. The lowest BCUT2D eigenvalue weighted by Gasteiger charge is -2.18. The zero-order chi connectivity index (χ0) is 8.48. The Morgan fingerprint density at radius 2 is 2.36 bits per heavy atom. The molecular weight excluding hydrogens is 138 g/mol. The Morgan fingerprint density at radius 3 is 2.73 bits per heavy atom. The first-order valence-electron chi connectivity index (χ1n) is 3.51. The second-order valence-electron chi connectivity index (χ2n) is 3.07. The summed E-state index contributed by atoms with van der Waals surface area (Å²) in [5, 5.41) is 4.02. The Morgan fingerprint density at radius 1 is 1.73 bits per heavy atom. The van der Waals surface area contributed by atoms with Gasteiger partial charge < -0.3 is 5.73 Å². The summed E-state index contributed by atoms with van der Waals surface area (Å²) >= 11 is 0. The van der Waals surface area contributed by atoms with Gasteiger partial charge in [0.25, 0.3) is 0 Å². The largest absolute Gasteiger partial charge is 0.321 e. The number of nitrogens with zero attached hydrogens (tertiary/aromatic N) is 2. The standard InChI is InChI=1S/C8H13N3/c1-4-11-7(5-6-10-11)8(2,3)9/h4-6H,1,9H2,2-3H3. The van der Waals surface area contributed by atoms with Gasteiger partial charge in [-0.05, 0) is 19.9 Å². The first-order valence-corrected chi connectivity index (χ1v) is 3.51. The Labute approximate surface area is 66.5 Å². The van der Waals surface area contributed by atoms with Crippen LogP contribution in [0.25, 0.3) is 6.20 Å². The van der Waals surface area contributed by atoms with Crippen LogP contribution in [0.15, 0.2) is 18.8 Å². The molecule has 11 heavy (non-hydrogen) atoms. The number of nitrogens with two attached hydrogens (primary N) is 1. The molecule has 0 spiro atoms. The molecule has 0 amide bonds. The van der Waals surface area contributed by atoms with Crippen LogP contribution in [0.2, 0.25) is 0 Å². The summed E-state index contributed by atoms with van der Waals surface area (Å²) in [4.78, 5) is 0. The van der Waals surface area contributed by atoms with Crippen molar-refractivity contribution in [1.82, 2.24) is 9.78 Å². The van der Waals surface area contributed by atoms with Gasteiger partial charge in [0.2, 0.25) is 0 Å². The molecule has 2 N–H and O–H groups in total. The lowest BCUT2D eigenvalue weighted by atomic mass is 10.0. The fourth-order valence-electron chi connectivity index (χ4n) is 0.970. The molecule has 3 nitrogen and oxygen atoms in total. The Balaban J connectivity index is 3.12. The summed E-state index contributed by atoms with van der Waals surface area (Å²) in [6.07, 6.45) is 3.36. The van der Waals surface area contributed by atoms with Gasteiger partial charge in [0.05, 0.1) is 11.2 Å². The maximum absolute atomic E-state index is 5.87. The fraction of sp³-hybridized carbons (Fsp3) is 0.375. The molecule has 0 unspecified atom stereocenters. The highest BCUT2D eigenvalue weighted by Gasteiger charge is 2.17. The zero-order valence-electron chi connectivity index (χ0n) is 6.91. The Bertz CT molecular complexity index is 255. The van der Waals surface area contributed by atoms with Gasteiger partial charge in [0, 0.05) is 12.4 Å². The smallest absolute Gasteiger partial charge is 0.0628 e. The van der Waals surface area contributed by atoms with E-state index in [-0.39, 0.29) is 5.54 Å². The predicted octanol–water partition coefficient (Wildman–Crippen LogP) is 1.18. The minimum absolute atomic E-state index is 0.356. The third kappa shape index (κ3) is 1.49. The summed E-state index contributed by atoms with van der Waals surface area (Å²) in [6.45, 7) is 7.49. The van der Waals surface area contributed by atoms with E-state index in [1.807, 2.05) is 19.9 Å². The van der Waals surface area contributed by atoms with Crippen LogP contribution in [-0.2, 0) is 5.54 Å². The topological polar surface area (TPSA) is 43.8 Å². The van der Waals surface area contributed by atoms with Gasteiger partial charge in [0.15, 0.2) is 0 Å².